The third kappa shape index (κ3) is 3.62. The highest BCUT2D eigenvalue weighted by Crippen LogP contribution is 2.20. The second-order valence-electron chi connectivity index (χ2n) is 4.10. The summed E-state index contributed by atoms with van der Waals surface area (Å²) >= 11 is 3.28. The van der Waals surface area contributed by atoms with Gasteiger partial charge in [0.05, 0.1) is 4.90 Å². The number of halogens is 1. The van der Waals surface area contributed by atoms with Crippen LogP contribution in [-0.2, 0) is 16.6 Å². The summed E-state index contributed by atoms with van der Waals surface area (Å²) in [4.78, 5) is 4.23. The molecule has 0 aliphatic rings. The summed E-state index contributed by atoms with van der Waals surface area (Å²) in [7, 11) is -3.52. The first-order chi connectivity index (χ1) is 8.99. The van der Waals surface area contributed by atoms with Crippen molar-refractivity contribution in [3.05, 3.63) is 58.3 Å². The number of aryl methyl sites for hydroxylation is 1. The van der Waals surface area contributed by atoms with Crippen LogP contribution in [0.3, 0.4) is 0 Å². The Hall–Kier alpha value is -1.24. The van der Waals surface area contributed by atoms with E-state index in [-0.39, 0.29) is 11.4 Å². The van der Waals surface area contributed by atoms with Gasteiger partial charge in [0, 0.05) is 23.4 Å². The minimum absolute atomic E-state index is 0.224. The van der Waals surface area contributed by atoms with Gasteiger partial charge in [0.2, 0.25) is 10.0 Å². The summed E-state index contributed by atoms with van der Waals surface area (Å²) in [5, 5.41) is 0. The van der Waals surface area contributed by atoms with Crippen LogP contribution < -0.4 is 4.72 Å². The van der Waals surface area contributed by atoms with Gasteiger partial charge >= 0.3 is 0 Å². The van der Waals surface area contributed by atoms with Gasteiger partial charge in [-0.15, -0.1) is 0 Å². The lowest BCUT2D eigenvalue weighted by molar-refractivity contribution is 0.580. The van der Waals surface area contributed by atoms with Crippen molar-refractivity contribution in [3.63, 3.8) is 0 Å². The first-order valence-electron chi connectivity index (χ1n) is 5.64. The summed E-state index contributed by atoms with van der Waals surface area (Å²) < 4.78 is 27.8. The van der Waals surface area contributed by atoms with Crippen molar-refractivity contribution in [2.45, 2.75) is 18.4 Å². The largest absolute Gasteiger partial charge is 0.264 e. The molecule has 1 heterocycles. The normalized spacial score (nSPS) is 11.5. The molecule has 0 aliphatic heterocycles. The Morgan fingerprint density at radius 3 is 2.79 bits per heavy atom. The molecule has 1 aromatic carbocycles. The minimum Gasteiger partial charge on any atom is -0.264 e. The summed E-state index contributed by atoms with van der Waals surface area (Å²) in [6.07, 6.45) is 3.28. The number of aromatic nitrogens is 1. The molecule has 0 bridgehead atoms. The Morgan fingerprint density at radius 2 is 2.11 bits per heavy atom. The maximum absolute atomic E-state index is 12.2. The van der Waals surface area contributed by atoms with Crippen molar-refractivity contribution in [2.75, 3.05) is 0 Å². The van der Waals surface area contributed by atoms with Crippen molar-refractivity contribution in [1.82, 2.24) is 9.71 Å². The average Bonchev–Trinajstić information content (AvgIpc) is 2.40. The molecule has 2 aromatic rings. The van der Waals surface area contributed by atoms with E-state index < -0.39 is 10.0 Å². The Labute approximate surface area is 121 Å². The predicted molar refractivity (Wildman–Crippen MR) is 77.1 cm³/mol. The van der Waals surface area contributed by atoms with Crippen LogP contribution in [0.15, 0.2) is 52.1 Å². The van der Waals surface area contributed by atoms with E-state index in [4.69, 9.17) is 0 Å². The molecule has 100 valence electrons. The zero-order valence-electron chi connectivity index (χ0n) is 10.3. The summed E-state index contributed by atoms with van der Waals surface area (Å²) in [5.74, 6) is 0. The van der Waals surface area contributed by atoms with Crippen LogP contribution in [-0.4, -0.2) is 13.4 Å². The van der Waals surface area contributed by atoms with Gasteiger partial charge in [-0.25, -0.2) is 13.1 Å². The molecule has 2 rings (SSSR count). The van der Waals surface area contributed by atoms with Crippen LogP contribution in [0, 0.1) is 6.92 Å². The van der Waals surface area contributed by atoms with Crippen LogP contribution >= 0.6 is 15.9 Å². The monoisotopic (exact) mass is 340 g/mol. The molecule has 0 spiro atoms. The zero-order valence-corrected chi connectivity index (χ0v) is 12.7. The zero-order chi connectivity index (χ0) is 13.9. The minimum atomic E-state index is -3.52. The first-order valence-corrected chi connectivity index (χ1v) is 7.91. The van der Waals surface area contributed by atoms with E-state index in [0.717, 1.165) is 10.0 Å². The fourth-order valence-corrected chi connectivity index (χ4v) is 3.42. The van der Waals surface area contributed by atoms with E-state index in [1.807, 2.05) is 12.1 Å². The number of sulfonamides is 1. The Kier molecular flexibility index (Phi) is 4.34. The molecule has 4 nitrogen and oxygen atoms in total. The van der Waals surface area contributed by atoms with Crippen molar-refractivity contribution in [2.24, 2.45) is 0 Å². The molecule has 6 heteroatoms. The highest BCUT2D eigenvalue weighted by atomic mass is 79.9. The van der Waals surface area contributed by atoms with Crippen molar-refractivity contribution < 1.29 is 8.42 Å². The van der Waals surface area contributed by atoms with Gasteiger partial charge in [-0.1, -0.05) is 28.1 Å². The molecule has 0 amide bonds. The molecule has 0 atom stereocenters. The van der Waals surface area contributed by atoms with E-state index in [1.54, 1.807) is 37.5 Å². The van der Waals surface area contributed by atoms with E-state index in [9.17, 15) is 8.42 Å². The van der Waals surface area contributed by atoms with Crippen molar-refractivity contribution >= 4 is 26.0 Å². The molecule has 0 aliphatic carbocycles. The fraction of sp³-hybridized carbons (Fsp3) is 0.154. The van der Waals surface area contributed by atoms with Crippen LogP contribution in [0.25, 0.3) is 0 Å². The second kappa shape index (κ2) is 5.81. The van der Waals surface area contributed by atoms with Crippen LogP contribution in [0.5, 0.6) is 0 Å². The van der Waals surface area contributed by atoms with Gasteiger partial charge in [-0.2, -0.15) is 0 Å². The highest BCUT2D eigenvalue weighted by molar-refractivity contribution is 9.10. The van der Waals surface area contributed by atoms with Crippen molar-refractivity contribution in [3.8, 4) is 0 Å². The lowest BCUT2D eigenvalue weighted by Gasteiger charge is -2.09. The summed E-state index contributed by atoms with van der Waals surface area (Å²) in [6, 6.07) is 8.77. The van der Waals surface area contributed by atoms with Crippen LogP contribution in [0.4, 0.5) is 0 Å². The number of hydrogen-bond acceptors (Lipinski definition) is 3. The van der Waals surface area contributed by atoms with Crippen LogP contribution in [0.1, 0.15) is 11.1 Å². The maximum Gasteiger partial charge on any atom is 0.241 e. The number of pyridine rings is 1. The van der Waals surface area contributed by atoms with E-state index in [2.05, 4.69) is 25.6 Å². The standard InChI is InChI=1S/C13H13BrN2O2S/c1-10-4-5-12(14)7-13(10)19(17,18)16-9-11-3-2-6-15-8-11/h2-8,16H,9H2,1H3. The van der Waals surface area contributed by atoms with Gasteiger partial charge < -0.3 is 0 Å². The summed E-state index contributed by atoms with van der Waals surface area (Å²) in [6.45, 7) is 1.99. The van der Waals surface area contributed by atoms with Gasteiger partial charge in [-0.05, 0) is 36.2 Å². The number of nitrogens with one attached hydrogen (secondary N) is 1. The molecule has 19 heavy (non-hydrogen) atoms. The SMILES string of the molecule is Cc1ccc(Br)cc1S(=O)(=O)NCc1cccnc1. The topological polar surface area (TPSA) is 59.1 Å². The molecule has 0 saturated heterocycles. The number of benzene rings is 1. The van der Waals surface area contributed by atoms with E-state index >= 15 is 0 Å². The average molecular weight is 341 g/mol. The lowest BCUT2D eigenvalue weighted by Crippen LogP contribution is -2.24. The Balaban J connectivity index is 2.21. The summed E-state index contributed by atoms with van der Waals surface area (Å²) in [5.41, 5.74) is 1.53. The first kappa shape index (κ1) is 14.2. The lowest BCUT2D eigenvalue weighted by atomic mass is 10.2. The molecule has 1 N–H and O–H groups in total. The quantitative estimate of drug-likeness (QED) is 0.930. The van der Waals surface area contributed by atoms with E-state index in [1.165, 1.54) is 0 Å². The third-order valence-electron chi connectivity index (χ3n) is 2.63. The van der Waals surface area contributed by atoms with E-state index in [0.29, 0.717) is 5.56 Å². The Bertz CT molecular complexity index is 672. The van der Waals surface area contributed by atoms with Gasteiger partial charge in [0.15, 0.2) is 0 Å². The van der Waals surface area contributed by atoms with Gasteiger partial charge in [-0.3, -0.25) is 4.98 Å². The molecule has 0 saturated carbocycles. The van der Waals surface area contributed by atoms with Gasteiger partial charge in [0.25, 0.3) is 0 Å². The predicted octanol–water partition coefficient (Wildman–Crippen LogP) is 2.63. The smallest absolute Gasteiger partial charge is 0.241 e. The third-order valence-corrected chi connectivity index (χ3v) is 4.67. The number of hydrogen-bond donors (Lipinski definition) is 1. The van der Waals surface area contributed by atoms with Crippen molar-refractivity contribution in [1.29, 1.82) is 0 Å². The Morgan fingerprint density at radius 1 is 1.32 bits per heavy atom. The fourth-order valence-electron chi connectivity index (χ4n) is 1.62. The second-order valence-corrected chi connectivity index (χ2v) is 6.75. The molecule has 0 unspecified atom stereocenters. The maximum atomic E-state index is 12.2. The number of nitrogens with zero attached hydrogens (tertiary/aromatic N) is 1. The molecular formula is C13H13BrN2O2S. The van der Waals surface area contributed by atoms with Gasteiger partial charge in [0.1, 0.15) is 0 Å². The highest BCUT2D eigenvalue weighted by Gasteiger charge is 2.16. The van der Waals surface area contributed by atoms with Crippen LogP contribution in [0.2, 0.25) is 0 Å². The molecule has 0 radical (unpaired) electrons. The molecule has 0 fully saturated rings. The molecular weight excluding hydrogens is 328 g/mol. The molecule has 1 aromatic heterocycles. The number of rotatable bonds is 4.